The molecule has 0 saturated heterocycles. The van der Waals surface area contributed by atoms with E-state index in [0.29, 0.717) is 0 Å². The van der Waals surface area contributed by atoms with Crippen LogP contribution in [0.1, 0.15) is 416 Å². The average molecular weight is 1620 g/mol. The maximum Gasteiger partial charge on any atom is 0.166 e. The highest BCUT2D eigenvalue weighted by Crippen LogP contribution is 2.43. The van der Waals surface area contributed by atoms with E-state index in [1.165, 1.54) is 391 Å². The molecule has 6 aliphatic rings. The summed E-state index contributed by atoms with van der Waals surface area (Å²) in [7, 11) is -0.191. The molecule has 0 unspecified atom stereocenters. The molecule has 0 spiro atoms. The van der Waals surface area contributed by atoms with E-state index in [1.54, 1.807) is 33.4 Å². The van der Waals surface area contributed by atoms with Crippen molar-refractivity contribution in [3.05, 3.63) is 270 Å². The summed E-state index contributed by atoms with van der Waals surface area (Å²) in [6, 6.07) is 92.8. The molecule has 15 rings (SSSR count). The monoisotopic (exact) mass is 1620 g/mol. The molecule has 9 aromatic rings. The Morgan fingerprint density at radius 1 is 0.111 bits per heavy atom. The van der Waals surface area contributed by atoms with Gasteiger partial charge in [0.2, 0.25) is 0 Å². The Hall–Kier alpha value is -5.97. The van der Waals surface area contributed by atoms with Crippen molar-refractivity contribution in [3.63, 3.8) is 0 Å². The zero-order chi connectivity index (χ0) is 79.6. The van der Waals surface area contributed by atoms with Crippen LogP contribution in [0.25, 0.3) is 0 Å². The van der Waals surface area contributed by atoms with E-state index >= 15 is 0 Å². The smallest absolute Gasteiger partial charge is 0.0619 e. The standard InChI is InChI=1S/C48H69S.C38H51S.C28H33S/c1-4-10-16-22-40(23-17-11-5-1)43-28-34-46(35-29-43)49(47-36-30-44(31-37-47)41-24-18-12-6-2-7-13-19-25-41)48-38-32-45(33-39-48)42-26-20-14-8-3-9-15-21-27-42;1-3-7-12-18-32(19-13-8-4-1)34-24-28-37(29-25-34)39(36-22-16-11-17-23-36)38-30-26-35(27-31-38)33-20-14-9-5-2-6-10-15-21-33;1-2-4-8-14-24(15-9-5-3-1)25-20-22-28(23-21-25)29(26-16-10-6-11-17-26)27-18-12-7-13-19-27/h28-42H,1-27H2;11,16-17,22-33H,1-10,12-15,18-21H2;6-7,10-13,16-24H,1-5,8-9,14-15H2/q3*+1. The molecule has 0 radical (unpaired) electrons. The lowest BCUT2D eigenvalue weighted by Gasteiger charge is -2.20. The zero-order valence-corrected chi connectivity index (χ0v) is 75.3. The Balaban J connectivity index is 0.000000157. The van der Waals surface area contributed by atoms with Gasteiger partial charge in [-0.2, -0.15) is 0 Å². The molecule has 6 saturated carbocycles. The third-order valence-corrected chi connectivity index (χ3v) is 34.8. The van der Waals surface area contributed by atoms with Crippen molar-refractivity contribution >= 4 is 32.7 Å². The van der Waals surface area contributed by atoms with Gasteiger partial charge < -0.3 is 0 Å². The van der Waals surface area contributed by atoms with Gasteiger partial charge in [0, 0.05) is 0 Å². The SMILES string of the molecule is c1cc([S+](c2ccc(C3CCCCCCCCC3)cc2)c2ccc(C3CCCCCCCCC3)cc2)ccc1C1CCCCCCCCC1.c1ccc([S+](c2ccc(C3CCCCCCCCC3)cc2)c2ccc(C3CCCCCCCCC3)cc2)cc1.c1ccc([S+](c2ccccc2)c2ccc(C3CCCCCCCCC3)cc2)cc1. The van der Waals surface area contributed by atoms with Crippen molar-refractivity contribution in [2.24, 2.45) is 0 Å². The normalized spacial score (nSPS) is 19.5. The van der Waals surface area contributed by atoms with Crippen molar-refractivity contribution in [3.8, 4) is 0 Å². The first-order valence-electron chi connectivity index (χ1n) is 49.1. The van der Waals surface area contributed by atoms with E-state index in [-0.39, 0.29) is 32.7 Å². The van der Waals surface area contributed by atoms with Crippen LogP contribution in [-0.4, -0.2) is 0 Å². The van der Waals surface area contributed by atoms with E-state index < -0.39 is 0 Å². The van der Waals surface area contributed by atoms with E-state index in [4.69, 9.17) is 0 Å². The van der Waals surface area contributed by atoms with Crippen molar-refractivity contribution < 1.29 is 0 Å². The van der Waals surface area contributed by atoms with Crippen molar-refractivity contribution in [1.29, 1.82) is 0 Å². The highest BCUT2D eigenvalue weighted by Gasteiger charge is 2.34. The van der Waals surface area contributed by atoms with Crippen molar-refractivity contribution in [2.75, 3.05) is 0 Å². The summed E-state index contributed by atoms with van der Waals surface area (Å²) in [5.41, 5.74) is 9.46. The molecule has 624 valence electrons. The Morgan fingerprint density at radius 3 is 0.333 bits per heavy atom. The molecule has 0 amide bonds. The molecular formula is C114H153S3+3. The molecule has 6 fully saturated rings. The van der Waals surface area contributed by atoms with E-state index in [9.17, 15) is 0 Å². The molecule has 0 aliphatic heterocycles. The minimum atomic E-state index is -0.0881. The summed E-state index contributed by atoms with van der Waals surface area (Å²) in [6.07, 6.45) is 76.2. The van der Waals surface area contributed by atoms with Gasteiger partial charge in [-0.1, -0.05) is 397 Å². The van der Waals surface area contributed by atoms with Crippen LogP contribution in [0.5, 0.6) is 0 Å². The number of rotatable bonds is 15. The molecule has 0 nitrogen and oxygen atoms in total. The summed E-state index contributed by atoms with van der Waals surface area (Å²) in [5, 5.41) is 0. The van der Waals surface area contributed by atoms with Crippen LogP contribution in [0.2, 0.25) is 0 Å². The van der Waals surface area contributed by atoms with Gasteiger partial charge in [0.15, 0.2) is 44.1 Å². The van der Waals surface area contributed by atoms with Crippen LogP contribution < -0.4 is 0 Å². The third kappa shape index (κ3) is 29.1. The van der Waals surface area contributed by atoms with Crippen LogP contribution in [-0.2, 0) is 32.7 Å². The highest BCUT2D eigenvalue weighted by atomic mass is 32.2. The second-order valence-electron chi connectivity index (χ2n) is 36.8. The van der Waals surface area contributed by atoms with Gasteiger partial charge in [-0.15, -0.1) is 0 Å². The molecule has 117 heavy (non-hydrogen) atoms. The first kappa shape index (κ1) is 88.8. The van der Waals surface area contributed by atoms with Gasteiger partial charge in [-0.3, -0.25) is 0 Å². The summed E-state index contributed by atoms with van der Waals surface area (Å²) in [5.74, 6) is 4.45. The van der Waals surface area contributed by atoms with E-state index in [2.05, 4.69) is 237 Å². The molecule has 3 heteroatoms. The van der Waals surface area contributed by atoms with E-state index in [0.717, 1.165) is 35.5 Å². The Labute approximate surface area is 723 Å². The van der Waals surface area contributed by atoms with Crippen LogP contribution in [0, 0.1) is 0 Å². The Morgan fingerprint density at radius 2 is 0.214 bits per heavy atom. The van der Waals surface area contributed by atoms with Gasteiger partial charge >= 0.3 is 0 Å². The molecule has 0 atom stereocenters. The fourth-order valence-electron chi connectivity index (χ4n) is 21.0. The first-order valence-corrected chi connectivity index (χ1v) is 52.8. The summed E-state index contributed by atoms with van der Waals surface area (Å²) in [4.78, 5) is 13.0. The maximum atomic E-state index is 2.52. The van der Waals surface area contributed by atoms with Gasteiger partial charge in [0.1, 0.15) is 0 Å². The van der Waals surface area contributed by atoms with E-state index in [1.807, 2.05) is 0 Å². The van der Waals surface area contributed by atoms with Crippen molar-refractivity contribution in [1.82, 2.24) is 0 Å². The van der Waals surface area contributed by atoms with Crippen LogP contribution >= 0.6 is 0 Å². The first-order chi connectivity index (χ1) is 58.1. The fraction of sp³-hybridized carbons (Fsp3) is 0.526. The molecule has 6 aliphatic carbocycles. The van der Waals surface area contributed by atoms with Crippen LogP contribution in [0.3, 0.4) is 0 Å². The predicted molar refractivity (Wildman–Crippen MR) is 510 cm³/mol. The van der Waals surface area contributed by atoms with Gasteiger partial charge in [-0.05, 0) is 255 Å². The summed E-state index contributed by atoms with van der Waals surface area (Å²) < 4.78 is 0. The lowest BCUT2D eigenvalue weighted by Crippen LogP contribution is -2.08. The maximum absolute atomic E-state index is 2.52. The molecule has 0 heterocycles. The lowest BCUT2D eigenvalue weighted by atomic mass is 9.87. The minimum Gasteiger partial charge on any atom is -0.0619 e. The molecule has 0 bridgehead atoms. The van der Waals surface area contributed by atoms with Gasteiger partial charge in [0.05, 0.1) is 32.7 Å². The highest BCUT2D eigenvalue weighted by molar-refractivity contribution is 7.97. The lowest BCUT2D eigenvalue weighted by molar-refractivity contribution is 0.462. The Bertz CT molecular complexity index is 3720. The molecule has 0 aromatic heterocycles. The van der Waals surface area contributed by atoms with Gasteiger partial charge in [-0.25, -0.2) is 0 Å². The summed E-state index contributed by atoms with van der Waals surface area (Å²) in [6.45, 7) is 0. The second-order valence-corrected chi connectivity index (χ2v) is 42.8. The fourth-order valence-corrected chi connectivity index (χ4v) is 27.2. The minimum absolute atomic E-state index is 0.0391. The Kier molecular flexibility index (Phi) is 39.3. The number of benzene rings is 9. The molecule has 9 aromatic carbocycles. The van der Waals surface area contributed by atoms with Crippen molar-refractivity contribution in [2.45, 2.75) is 426 Å². The molecular weight excluding hydrogens is 1470 g/mol. The number of hydrogen-bond donors (Lipinski definition) is 0. The quantitative estimate of drug-likeness (QED) is 0.0898. The predicted octanol–water partition coefficient (Wildman–Crippen LogP) is 36.0. The van der Waals surface area contributed by atoms with Gasteiger partial charge in [0.25, 0.3) is 0 Å². The summed E-state index contributed by atoms with van der Waals surface area (Å²) >= 11 is 0. The zero-order valence-electron chi connectivity index (χ0n) is 72.9. The molecule has 0 N–H and O–H groups in total. The average Bonchev–Trinajstić information content (AvgIpc) is 0.823. The third-order valence-electron chi connectivity index (χ3n) is 28.1. The topological polar surface area (TPSA) is 0 Å². The second kappa shape index (κ2) is 51.7. The largest absolute Gasteiger partial charge is 0.166 e. The number of hydrogen-bond acceptors (Lipinski definition) is 0. The van der Waals surface area contributed by atoms with Crippen LogP contribution in [0.15, 0.2) is 281 Å². The van der Waals surface area contributed by atoms with Crippen LogP contribution in [0.4, 0.5) is 0 Å².